The molecular weight excluding hydrogens is 212 g/mol. The maximum Gasteiger partial charge on any atom is 0.136 e. The molecule has 0 aliphatic carbocycles. The fourth-order valence-electron chi connectivity index (χ4n) is 2.37. The summed E-state index contributed by atoms with van der Waals surface area (Å²) in [4.78, 5) is 12.0. The van der Waals surface area contributed by atoms with Gasteiger partial charge in [0.05, 0.1) is 0 Å². The van der Waals surface area contributed by atoms with Gasteiger partial charge in [-0.05, 0) is 37.3 Å². The van der Waals surface area contributed by atoms with Crippen molar-refractivity contribution >= 4 is 5.78 Å². The molecule has 0 spiro atoms. The Bertz CT molecular complexity index is 378. The van der Waals surface area contributed by atoms with E-state index in [2.05, 4.69) is 19.1 Å². The Kier molecular flexibility index (Phi) is 4.32. The van der Waals surface area contributed by atoms with Crippen molar-refractivity contribution < 1.29 is 9.53 Å². The van der Waals surface area contributed by atoms with E-state index in [0.717, 1.165) is 32.5 Å². The highest BCUT2D eigenvalue weighted by atomic mass is 16.5. The predicted octanol–water partition coefficient (Wildman–Crippen LogP) is 2.92. The Labute approximate surface area is 103 Å². The number of aryl methyl sites for hydroxylation is 2. The maximum absolute atomic E-state index is 12.0. The molecule has 1 aromatic carbocycles. The zero-order chi connectivity index (χ0) is 12.1. The molecule has 1 aliphatic rings. The van der Waals surface area contributed by atoms with E-state index in [4.69, 9.17) is 4.74 Å². The van der Waals surface area contributed by atoms with Crippen molar-refractivity contribution in [1.29, 1.82) is 0 Å². The third kappa shape index (κ3) is 3.40. The molecule has 1 aromatic rings. The summed E-state index contributed by atoms with van der Waals surface area (Å²) < 4.78 is 5.28. The van der Waals surface area contributed by atoms with Gasteiger partial charge in [0.15, 0.2) is 0 Å². The molecule has 0 atom stereocenters. The van der Waals surface area contributed by atoms with Gasteiger partial charge in [0, 0.05) is 25.6 Å². The van der Waals surface area contributed by atoms with E-state index in [0.29, 0.717) is 12.2 Å². The lowest BCUT2D eigenvalue weighted by molar-refractivity contribution is -0.125. The zero-order valence-electron chi connectivity index (χ0n) is 10.4. The van der Waals surface area contributed by atoms with Gasteiger partial charge in [0.1, 0.15) is 5.78 Å². The highest BCUT2D eigenvalue weighted by Gasteiger charge is 2.20. The van der Waals surface area contributed by atoms with Crippen LogP contribution in [0.3, 0.4) is 0 Å². The lowest BCUT2D eigenvalue weighted by Gasteiger charge is -2.20. The quantitative estimate of drug-likeness (QED) is 0.798. The summed E-state index contributed by atoms with van der Waals surface area (Å²) in [6, 6.07) is 8.31. The molecule has 2 nitrogen and oxygen atoms in total. The van der Waals surface area contributed by atoms with Crippen molar-refractivity contribution in [3.8, 4) is 0 Å². The largest absolute Gasteiger partial charge is 0.381 e. The van der Waals surface area contributed by atoms with E-state index < -0.39 is 0 Å². The van der Waals surface area contributed by atoms with Gasteiger partial charge in [0.2, 0.25) is 0 Å². The Morgan fingerprint density at radius 2 is 2.00 bits per heavy atom. The Balaban J connectivity index is 1.85. The predicted molar refractivity (Wildman–Crippen MR) is 68.1 cm³/mol. The van der Waals surface area contributed by atoms with Crippen LogP contribution in [0.5, 0.6) is 0 Å². The number of carbonyl (C=O) groups is 1. The van der Waals surface area contributed by atoms with Crippen LogP contribution in [0, 0.1) is 12.8 Å². The first kappa shape index (κ1) is 12.3. The minimum atomic E-state index is 0.243. The van der Waals surface area contributed by atoms with Crippen LogP contribution in [0.4, 0.5) is 0 Å². The van der Waals surface area contributed by atoms with Gasteiger partial charge < -0.3 is 4.74 Å². The summed E-state index contributed by atoms with van der Waals surface area (Å²) in [6.45, 7) is 3.61. The molecule has 17 heavy (non-hydrogen) atoms. The van der Waals surface area contributed by atoms with Crippen molar-refractivity contribution in [3.63, 3.8) is 0 Å². The monoisotopic (exact) mass is 232 g/mol. The van der Waals surface area contributed by atoms with Crippen LogP contribution < -0.4 is 0 Å². The van der Waals surface area contributed by atoms with Gasteiger partial charge in [-0.1, -0.05) is 24.3 Å². The van der Waals surface area contributed by atoms with Crippen molar-refractivity contribution in [3.05, 3.63) is 35.4 Å². The highest BCUT2D eigenvalue weighted by molar-refractivity contribution is 5.81. The van der Waals surface area contributed by atoms with E-state index in [1.54, 1.807) is 0 Å². The molecule has 1 saturated heterocycles. The minimum Gasteiger partial charge on any atom is -0.381 e. The topological polar surface area (TPSA) is 26.3 Å². The molecule has 1 aliphatic heterocycles. The third-order valence-electron chi connectivity index (χ3n) is 3.58. The molecule has 0 saturated carbocycles. The number of rotatable bonds is 4. The first-order valence-electron chi connectivity index (χ1n) is 6.42. The van der Waals surface area contributed by atoms with Gasteiger partial charge in [-0.3, -0.25) is 4.79 Å². The van der Waals surface area contributed by atoms with Gasteiger partial charge in [0.25, 0.3) is 0 Å². The summed E-state index contributed by atoms with van der Waals surface area (Å²) in [5.41, 5.74) is 2.58. The van der Waals surface area contributed by atoms with Gasteiger partial charge in [-0.15, -0.1) is 0 Å². The van der Waals surface area contributed by atoms with E-state index >= 15 is 0 Å². The molecule has 92 valence electrons. The molecule has 1 heterocycles. The Morgan fingerprint density at radius 1 is 1.29 bits per heavy atom. The average molecular weight is 232 g/mol. The minimum absolute atomic E-state index is 0.243. The van der Waals surface area contributed by atoms with E-state index in [9.17, 15) is 4.79 Å². The SMILES string of the molecule is Cc1ccccc1CCC(=O)C1CCOCC1. The van der Waals surface area contributed by atoms with Crippen molar-refractivity contribution in [2.24, 2.45) is 5.92 Å². The molecule has 0 N–H and O–H groups in total. The van der Waals surface area contributed by atoms with Crippen LogP contribution in [0.2, 0.25) is 0 Å². The molecule has 0 radical (unpaired) electrons. The molecule has 0 aromatic heterocycles. The lowest BCUT2D eigenvalue weighted by atomic mass is 9.91. The summed E-state index contributed by atoms with van der Waals surface area (Å²) in [5, 5.41) is 0. The number of Topliss-reactive ketones (excluding diaryl/α,β-unsaturated/α-hetero) is 1. The fraction of sp³-hybridized carbons (Fsp3) is 0.533. The van der Waals surface area contributed by atoms with Crippen LogP contribution >= 0.6 is 0 Å². The molecule has 2 rings (SSSR count). The first-order chi connectivity index (χ1) is 8.27. The summed E-state index contributed by atoms with van der Waals surface area (Å²) >= 11 is 0. The Morgan fingerprint density at radius 3 is 2.71 bits per heavy atom. The summed E-state index contributed by atoms with van der Waals surface area (Å²) in [5.74, 6) is 0.657. The summed E-state index contributed by atoms with van der Waals surface area (Å²) in [7, 11) is 0. The van der Waals surface area contributed by atoms with Gasteiger partial charge in [-0.25, -0.2) is 0 Å². The van der Waals surface area contributed by atoms with Crippen molar-refractivity contribution in [2.45, 2.75) is 32.6 Å². The van der Waals surface area contributed by atoms with Crippen LogP contribution in [0.25, 0.3) is 0 Å². The standard InChI is InChI=1S/C15H20O2/c1-12-4-2-3-5-13(12)6-7-15(16)14-8-10-17-11-9-14/h2-5,14H,6-11H2,1H3. The summed E-state index contributed by atoms with van der Waals surface area (Å²) in [6.07, 6.45) is 3.37. The number of benzene rings is 1. The average Bonchev–Trinajstić information content (AvgIpc) is 2.38. The van der Waals surface area contributed by atoms with Crippen LogP contribution in [0.1, 0.15) is 30.4 Å². The van der Waals surface area contributed by atoms with E-state index in [1.807, 2.05) is 12.1 Å². The normalized spacial score (nSPS) is 17.0. The van der Waals surface area contributed by atoms with Gasteiger partial charge >= 0.3 is 0 Å². The van der Waals surface area contributed by atoms with Crippen molar-refractivity contribution in [2.75, 3.05) is 13.2 Å². The second kappa shape index (κ2) is 5.97. The van der Waals surface area contributed by atoms with Crippen LogP contribution in [-0.2, 0) is 16.0 Å². The smallest absolute Gasteiger partial charge is 0.136 e. The molecule has 0 amide bonds. The Hall–Kier alpha value is -1.15. The number of ketones is 1. The second-order valence-electron chi connectivity index (χ2n) is 4.78. The van der Waals surface area contributed by atoms with Crippen LogP contribution in [0.15, 0.2) is 24.3 Å². The third-order valence-corrected chi connectivity index (χ3v) is 3.58. The molecule has 1 fully saturated rings. The molecule has 0 unspecified atom stereocenters. The van der Waals surface area contributed by atoms with Crippen molar-refractivity contribution in [1.82, 2.24) is 0 Å². The van der Waals surface area contributed by atoms with Crippen LogP contribution in [-0.4, -0.2) is 19.0 Å². The highest BCUT2D eigenvalue weighted by Crippen LogP contribution is 2.19. The zero-order valence-corrected chi connectivity index (χ0v) is 10.4. The van der Waals surface area contributed by atoms with Gasteiger partial charge in [-0.2, -0.15) is 0 Å². The number of ether oxygens (including phenoxy) is 1. The van der Waals surface area contributed by atoms with E-state index in [-0.39, 0.29) is 5.92 Å². The fourth-order valence-corrected chi connectivity index (χ4v) is 2.37. The number of carbonyl (C=O) groups excluding carboxylic acids is 1. The molecule has 2 heteroatoms. The first-order valence-corrected chi connectivity index (χ1v) is 6.42. The number of hydrogen-bond donors (Lipinski definition) is 0. The maximum atomic E-state index is 12.0. The molecule has 0 bridgehead atoms. The second-order valence-corrected chi connectivity index (χ2v) is 4.78. The molecular formula is C15H20O2. The number of hydrogen-bond acceptors (Lipinski definition) is 2. The lowest BCUT2D eigenvalue weighted by Crippen LogP contribution is -2.23. The van der Waals surface area contributed by atoms with E-state index in [1.165, 1.54) is 11.1 Å².